The van der Waals surface area contributed by atoms with Crippen LogP contribution in [0.5, 0.6) is 5.75 Å². The van der Waals surface area contributed by atoms with Crippen molar-refractivity contribution in [2.75, 3.05) is 19.0 Å². The number of esters is 1. The predicted molar refractivity (Wildman–Crippen MR) is 108 cm³/mol. The third kappa shape index (κ3) is 4.98. The average Bonchev–Trinajstić information content (AvgIpc) is 2.75. The van der Waals surface area contributed by atoms with E-state index >= 15 is 0 Å². The Labute approximate surface area is 163 Å². The highest BCUT2D eigenvalue weighted by Gasteiger charge is 2.11. The molecule has 0 atom stereocenters. The quantitative estimate of drug-likeness (QED) is 0.616. The standard InChI is InChI=1S/C23H21NO4/c1-27-22(25)15-16-28-21-10-6-5-9-20(21)24-23(26)19-13-11-18(12-14-19)17-7-3-2-4-8-17/h2-14H,15-16H2,1H3,(H,24,26). The normalized spacial score (nSPS) is 10.2. The predicted octanol–water partition coefficient (Wildman–Crippen LogP) is 4.55. The average molecular weight is 375 g/mol. The van der Waals surface area contributed by atoms with Gasteiger partial charge in [-0.25, -0.2) is 0 Å². The van der Waals surface area contributed by atoms with Gasteiger partial charge in [-0.05, 0) is 35.4 Å². The molecule has 0 heterocycles. The van der Waals surface area contributed by atoms with Crippen molar-refractivity contribution in [2.24, 2.45) is 0 Å². The first-order valence-corrected chi connectivity index (χ1v) is 8.93. The molecule has 0 aromatic heterocycles. The van der Waals surface area contributed by atoms with E-state index in [1.807, 2.05) is 42.5 Å². The fraction of sp³-hybridized carbons (Fsp3) is 0.130. The molecule has 5 heteroatoms. The van der Waals surface area contributed by atoms with E-state index in [1.165, 1.54) is 7.11 Å². The zero-order chi connectivity index (χ0) is 19.8. The molecule has 0 aliphatic rings. The molecule has 0 saturated heterocycles. The summed E-state index contributed by atoms with van der Waals surface area (Å²) in [6.45, 7) is 0.172. The zero-order valence-electron chi connectivity index (χ0n) is 15.6. The van der Waals surface area contributed by atoms with Gasteiger partial charge in [0.05, 0.1) is 25.8 Å². The molecule has 0 saturated carbocycles. The lowest BCUT2D eigenvalue weighted by atomic mass is 10.0. The van der Waals surface area contributed by atoms with Crippen molar-refractivity contribution < 1.29 is 19.1 Å². The Kier molecular flexibility index (Phi) is 6.41. The Morgan fingerprint density at radius 1 is 0.821 bits per heavy atom. The molecule has 0 fully saturated rings. The molecule has 28 heavy (non-hydrogen) atoms. The van der Waals surface area contributed by atoms with Crippen molar-refractivity contribution in [3.05, 3.63) is 84.4 Å². The maximum absolute atomic E-state index is 12.6. The van der Waals surface area contributed by atoms with E-state index in [1.54, 1.807) is 36.4 Å². The number of methoxy groups -OCH3 is 1. The summed E-state index contributed by atoms with van der Waals surface area (Å²) in [5.74, 6) is -0.0793. The Hall–Kier alpha value is -3.60. The van der Waals surface area contributed by atoms with Crippen LogP contribution in [0, 0.1) is 0 Å². The molecule has 0 aliphatic heterocycles. The Morgan fingerprint density at radius 2 is 1.46 bits per heavy atom. The maximum Gasteiger partial charge on any atom is 0.308 e. The highest BCUT2D eigenvalue weighted by atomic mass is 16.5. The first kappa shape index (κ1) is 19.2. The van der Waals surface area contributed by atoms with Crippen molar-refractivity contribution in [1.29, 1.82) is 0 Å². The van der Waals surface area contributed by atoms with E-state index in [2.05, 4.69) is 10.1 Å². The second-order valence-corrected chi connectivity index (χ2v) is 6.07. The fourth-order valence-electron chi connectivity index (χ4n) is 2.68. The molecule has 3 aromatic carbocycles. The van der Waals surface area contributed by atoms with Crippen LogP contribution < -0.4 is 10.1 Å². The maximum atomic E-state index is 12.6. The monoisotopic (exact) mass is 375 g/mol. The summed E-state index contributed by atoms with van der Waals surface area (Å²) in [7, 11) is 1.33. The third-order valence-electron chi connectivity index (χ3n) is 4.18. The van der Waals surface area contributed by atoms with Gasteiger partial charge in [-0.2, -0.15) is 0 Å². The van der Waals surface area contributed by atoms with Gasteiger partial charge in [-0.3, -0.25) is 9.59 Å². The summed E-state index contributed by atoms with van der Waals surface area (Å²) in [6.07, 6.45) is 0.139. The van der Waals surface area contributed by atoms with E-state index in [-0.39, 0.29) is 24.9 Å². The summed E-state index contributed by atoms with van der Waals surface area (Å²) in [5.41, 5.74) is 3.23. The van der Waals surface area contributed by atoms with Crippen LogP contribution in [0.15, 0.2) is 78.9 Å². The smallest absolute Gasteiger partial charge is 0.308 e. The van der Waals surface area contributed by atoms with Gasteiger partial charge in [0.1, 0.15) is 5.75 Å². The van der Waals surface area contributed by atoms with E-state index < -0.39 is 0 Å². The van der Waals surface area contributed by atoms with Crippen molar-refractivity contribution in [3.63, 3.8) is 0 Å². The van der Waals surface area contributed by atoms with Crippen LogP contribution in [-0.4, -0.2) is 25.6 Å². The summed E-state index contributed by atoms with van der Waals surface area (Å²) >= 11 is 0. The Balaban J connectivity index is 1.67. The molecule has 1 N–H and O–H groups in total. The largest absolute Gasteiger partial charge is 0.491 e. The van der Waals surface area contributed by atoms with Gasteiger partial charge in [0, 0.05) is 5.56 Å². The summed E-state index contributed by atoms with van der Waals surface area (Å²) in [5, 5.41) is 2.86. The Bertz CT molecular complexity index is 936. The van der Waals surface area contributed by atoms with Crippen molar-refractivity contribution >= 4 is 17.6 Å². The number of amides is 1. The first-order chi connectivity index (χ1) is 13.7. The summed E-state index contributed by atoms with van der Waals surface area (Å²) in [6, 6.07) is 24.5. The van der Waals surface area contributed by atoms with Crippen LogP contribution in [-0.2, 0) is 9.53 Å². The lowest BCUT2D eigenvalue weighted by molar-refractivity contribution is -0.141. The number of hydrogen-bond acceptors (Lipinski definition) is 4. The molecule has 5 nitrogen and oxygen atoms in total. The number of nitrogens with one attached hydrogen (secondary N) is 1. The fourth-order valence-corrected chi connectivity index (χ4v) is 2.68. The number of ether oxygens (including phenoxy) is 2. The molecule has 0 bridgehead atoms. The molecular formula is C23H21NO4. The number of benzene rings is 3. The molecule has 142 valence electrons. The number of carbonyl (C=O) groups excluding carboxylic acids is 2. The van der Waals surface area contributed by atoms with Gasteiger partial charge in [0.25, 0.3) is 5.91 Å². The van der Waals surface area contributed by atoms with Crippen LogP contribution >= 0.6 is 0 Å². The van der Waals surface area contributed by atoms with Gasteiger partial charge in [0.2, 0.25) is 0 Å². The van der Waals surface area contributed by atoms with E-state index in [0.29, 0.717) is 17.0 Å². The van der Waals surface area contributed by atoms with Crippen LogP contribution in [0.25, 0.3) is 11.1 Å². The molecule has 3 aromatic rings. The number of anilines is 1. The lowest BCUT2D eigenvalue weighted by Gasteiger charge is -2.12. The van der Waals surface area contributed by atoms with Crippen molar-refractivity contribution in [3.8, 4) is 16.9 Å². The molecule has 3 rings (SSSR count). The van der Waals surface area contributed by atoms with Gasteiger partial charge >= 0.3 is 5.97 Å². The first-order valence-electron chi connectivity index (χ1n) is 8.93. The highest BCUT2D eigenvalue weighted by Crippen LogP contribution is 2.25. The molecular weight excluding hydrogens is 354 g/mol. The van der Waals surface area contributed by atoms with Gasteiger partial charge in [0.15, 0.2) is 0 Å². The molecule has 0 spiro atoms. The van der Waals surface area contributed by atoms with Gasteiger partial charge in [-0.15, -0.1) is 0 Å². The van der Waals surface area contributed by atoms with Crippen LogP contribution in [0.2, 0.25) is 0 Å². The minimum Gasteiger partial charge on any atom is -0.491 e. The number of hydrogen-bond donors (Lipinski definition) is 1. The zero-order valence-corrected chi connectivity index (χ0v) is 15.6. The molecule has 0 aliphatic carbocycles. The summed E-state index contributed by atoms with van der Waals surface area (Å²) < 4.78 is 10.2. The second-order valence-electron chi connectivity index (χ2n) is 6.07. The van der Waals surface area contributed by atoms with Crippen molar-refractivity contribution in [1.82, 2.24) is 0 Å². The van der Waals surface area contributed by atoms with E-state index in [9.17, 15) is 9.59 Å². The van der Waals surface area contributed by atoms with E-state index in [4.69, 9.17) is 4.74 Å². The number of para-hydroxylation sites is 2. The third-order valence-corrected chi connectivity index (χ3v) is 4.18. The SMILES string of the molecule is COC(=O)CCOc1ccccc1NC(=O)c1ccc(-c2ccccc2)cc1. The minimum atomic E-state index is -0.347. The summed E-state index contributed by atoms with van der Waals surface area (Å²) in [4.78, 5) is 23.8. The minimum absolute atomic E-state index is 0.139. The van der Waals surface area contributed by atoms with Crippen LogP contribution in [0.3, 0.4) is 0 Å². The lowest BCUT2D eigenvalue weighted by Crippen LogP contribution is -2.13. The number of carbonyl (C=O) groups is 2. The molecule has 1 amide bonds. The second kappa shape index (κ2) is 9.37. The van der Waals surface area contributed by atoms with Crippen molar-refractivity contribution in [2.45, 2.75) is 6.42 Å². The Morgan fingerprint density at radius 3 is 2.18 bits per heavy atom. The van der Waals surface area contributed by atoms with Gasteiger partial charge < -0.3 is 14.8 Å². The van der Waals surface area contributed by atoms with Crippen LogP contribution in [0.4, 0.5) is 5.69 Å². The van der Waals surface area contributed by atoms with Crippen LogP contribution in [0.1, 0.15) is 16.8 Å². The molecule has 0 radical (unpaired) electrons. The van der Waals surface area contributed by atoms with E-state index in [0.717, 1.165) is 11.1 Å². The highest BCUT2D eigenvalue weighted by molar-refractivity contribution is 6.05. The molecule has 0 unspecified atom stereocenters. The number of rotatable bonds is 7. The topological polar surface area (TPSA) is 64.6 Å². The van der Waals surface area contributed by atoms with Gasteiger partial charge in [-0.1, -0.05) is 54.6 Å².